The zero-order chi connectivity index (χ0) is 57.1. The van der Waals surface area contributed by atoms with Gasteiger partial charge in [0.25, 0.3) is 0 Å². The molecule has 0 amide bonds. The third-order valence-corrected chi connectivity index (χ3v) is 14.6. The van der Waals surface area contributed by atoms with Gasteiger partial charge in [-0.25, -0.2) is 19.2 Å². The molecular formula is C64H41F3O14. The fourth-order valence-electron chi connectivity index (χ4n) is 9.85. The molecule has 81 heavy (non-hydrogen) atoms. The molecule has 12 rings (SSSR count). The molecule has 2 heterocycles. The van der Waals surface area contributed by atoms with Crippen LogP contribution in [0.15, 0.2) is 170 Å². The molecule has 2 aliphatic heterocycles. The van der Waals surface area contributed by atoms with Gasteiger partial charge in [0.2, 0.25) is 0 Å². The smallest absolute Gasteiger partial charge is 0.402 e. The SMILES string of the molecule is CC(C)(c1ccc(Oc2ccc3c(c2)C(=O)CC3=O)cc1)c1ccc(Oc2ccc3c(c2)C(=O)OC3=O)cc1.CC(c1ccc(Oc2ccc3c(c2)C(=O)CC3=O)cc1)(c1ccc(Oc2ccc3c(c2)C(=O)OC3=O)cc1)C(F)(F)F. The Labute approximate surface area is 458 Å². The fraction of sp³-hybridized carbons (Fsp3) is 0.125. The predicted molar refractivity (Wildman–Crippen MR) is 283 cm³/mol. The van der Waals surface area contributed by atoms with Crippen LogP contribution in [0.1, 0.15) is 139 Å². The van der Waals surface area contributed by atoms with Crippen molar-refractivity contribution in [2.75, 3.05) is 0 Å². The van der Waals surface area contributed by atoms with E-state index < -0.39 is 35.5 Å². The Morgan fingerprint density at radius 2 is 0.556 bits per heavy atom. The van der Waals surface area contributed by atoms with Crippen LogP contribution in [-0.2, 0) is 20.3 Å². The number of fused-ring (bicyclic) bond motifs is 4. The second-order valence-electron chi connectivity index (χ2n) is 20.0. The molecule has 0 fully saturated rings. The van der Waals surface area contributed by atoms with Crippen molar-refractivity contribution >= 4 is 47.0 Å². The summed E-state index contributed by atoms with van der Waals surface area (Å²) in [6, 6.07) is 44.5. The highest BCUT2D eigenvalue weighted by Gasteiger charge is 2.53. The van der Waals surface area contributed by atoms with Crippen molar-refractivity contribution in [1.29, 1.82) is 0 Å². The summed E-state index contributed by atoms with van der Waals surface area (Å²) in [4.78, 5) is 94.6. The second-order valence-corrected chi connectivity index (χ2v) is 20.0. The third-order valence-electron chi connectivity index (χ3n) is 14.6. The van der Waals surface area contributed by atoms with Gasteiger partial charge in [-0.3, -0.25) is 19.2 Å². The fourth-order valence-corrected chi connectivity index (χ4v) is 9.85. The molecule has 0 aromatic heterocycles. The lowest BCUT2D eigenvalue weighted by Crippen LogP contribution is -2.40. The first-order valence-corrected chi connectivity index (χ1v) is 25.1. The first-order chi connectivity index (χ1) is 38.6. The topological polar surface area (TPSA) is 192 Å². The standard InChI is InChI=1S/C32H19F3O7.C32H22O7/c1-31(32(33,34)35,17-2-6-19(7-3-17)40-21-10-12-23-25(14-21)28(37)16-27(23)36)18-4-8-20(9-5-18)41-22-11-13-24-26(15-22)30(39)42-29(24)38;1-32(2,18-3-7-20(8-4-18)37-22-11-13-24-26(15-22)29(34)17-28(24)33)19-5-9-21(10-6-19)38-23-12-14-25-27(16-23)31(36)39-30(25)35/h2-15H,16H2,1H3;3-16H,17H2,1-2H3. The number of cyclic esters (lactones) is 4. The molecule has 1 unspecified atom stereocenters. The van der Waals surface area contributed by atoms with Crippen molar-refractivity contribution in [3.05, 3.63) is 237 Å². The summed E-state index contributed by atoms with van der Waals surface area (Å²) >= 11 is 0. The third kappa shape index (κ3) is 10.0. The van der Waals surface area contributed by atoms with E-state index in [0.29, 0.717) is 39.7 Å². The summed E-state index contributed by atoms with van der Waals surface area (Å²) in [5, 5.41) is 0. The van der Waals surface area contributed by atoms with E-state index in [9.17, 15) is 51.5 Å². The van der Waals surface area contributed by atoms with Crippen molar-refractivity contribution in [3.63, 3.8) is 0 Å². The van der Waals surface area contributed by atoms with E-state index in [-0.39, 0.29) is 103 Å². The molecule has 4 aliphatic rings. The highest BCUT2D eigenvalue weighted by atomic mass is 19.4. The number of benzene rings is 8. The number of carbonyl (C=O) groups excluding carboxylic acids is 8. The average Bonchev–Trinajstić information content (AvgIpc) is 4.31. The number of carbonyl (C=O) groups is 8. The highest BCUT2D eigenvalue weighted by Crippen LogP contribution is 2.47. The number of alkyl halides is 3. The molecule has 402 valence electrons. The van der Waals surface area contributed by atoms with E-state index in [1.165, 1.54) is 97.1 Å². The van der Waals surface area contributed by atoms with Crippen LogP contribution in [-0.4, -0.2) is 53.2 Å². The predicted octanol–water partition coefficient (Wildman–Crippen LogP) is 13.9. The Morgan fingerprint density at radius 3 is 0.864 bits per heavy atom. The number of ether oxygens (including phenoxy) is 6. The van der Waals surface area contributed by atoms with Crippen LogP contribution < -0.4 is 18.9 Å². The van der Waals surface area contributed by atoms with E-state index in [0.717, 1.165) is 18.1 Å². The maximum Gasteiger partial charge on any atom is 0.402 e. The number of ketones is 4. The highest BCUT2D eigenvalue weighted by molar-refractivity contribution is 6.25. The lowest BCUT2D eigenvalue weighted by molar-refractivity contribution is -0.173. The van der Waals surface area contributed by atoms with Crippen LogP contribution in [0.25, 0.3) is 0 Å². The maximum atomic E-state index is 14.6. The molecule has 0 bridgehead atoms. The Balaban J connectivity index is 0.000000171. The minimum Gasteiger partial charge on any atom is -0.457 e. The van der Waals surface area contributed by atoms with Crippen LogP contribution in [0.4, 0.5) is 13.2 Å². The van der Waals surface area contributed by atoms with E-state index in [2.05, 4.69) is 23.3 Å². The summed E-state index contributed by atoms with van der Waals surface area (Å²) in [6.07, 6.45) is -4.94. The Bertz CT molecular complexity index is 3740. The largest absolute Gasteiger partial charge is 0.457 e. The zero-order valence-corrected chi connectivity index (χ0v) is 42.9. The van der Waals surface area contributed by atoms with E-state index in [4.69, 9.17) is 18.9 Å². The zero-order valence-electron chi connectivity index (χ0n) is 42.9. The van der Waals surface area contributed by atoms with Gasteiger partial charge in [-0.15, -0.1) is 0 Å². The van der Waals surface area contributed by atoms with E-state index in [1.54, 1.807) is 24.3 Å². The quantitative estimate of drug-likeness (QED) is 0.0829. The molecule has 8 aromatic rings. The summed E-state index contributed by atoms with van der Waals surface area (Å²) in [7, 11) is 0. The molecule has 0 spiro atoms. The van der Waals surface area contributed by atoms with Gasteiger partial charge in [-0.2, -0.15) is 13.2 Å². The molecule has 14 nitrogen and oxygen atoms in total. The Morgan fingerprint density at radius 1 is 0.309 bits per heavy atom. The molecule has 0 saturated carbocycles. The molecular weight excluding hydrogens is 1050 g/mol. The van der Waals surface area contributed by atoms with Gasteiger partial charge in [0, 0.05) is 27.7 Å². The van der Waals surface area contributed by atoms with Crippen molar-refractivity contribution in [2.24, 2.45) is 0 Å². The maximum absolute atomic E-state index is 14.6. The number of Topliss-reactive ketones (excluding diaryl/α,β-unsaturated/α-hetero) is 4. The molecule has 1 atom stereocenters. The lowest BCUT2D eigenvalue weighted by Gasteiger charge is -2.33. The molecule has 0 N–H and O–H groups in total. The minimum atomic E-state index is -4.67. The van der Waals surface area contributed by atoms with Crippen molar-refractivity contribution < 1.29 is 79.9 Å². The number of hydrogen-bond acceptors (Lipinski definition) is 14. The summed E-state index contributed by atoms with van der Waals surface area (Å²) in [6.45, 7) is 5.31. The molecule has 0 radical (unpaired) electrons. The second kappa shape index (κ2) is 20.2. The monoisotopic (exact) mass is 1090 g/mol. The van der Waals surface area contributed by atoms with Crippen LogP contribution in [0.3, 0.4) is 0 Å². The van der Waals surface area contributed by atoms with E-state index >= 15 is 0 Å². The van der Waals surface area contributed by atoms with Crippen LogP contribution in [0, 0.1) is 0 Å². The van der Waals surface area contributed by atoms with Gasteiger partial charge >= 0.3 is 30.1 Å². The van der Waals surface area contributed by atoms with Crippen molar-refractivity contribution in [2.45, 2.75) is 50.6 Å². The van der Waals surface area contributed by atoms with Gasteiger partial charge < -0.3 is 28.4 Å². The summed E-state index contributed by atoms with van der Waals surface area (Å²) < 4.78 is 76.2. The van der Waals surface area contributed by atoms with Gasteiger partial charge in [0.15, 0.2) is 23.1 Å². The van der Waals surface area contributed by atoms with Gasteiger partial charge in [0.05, 0.1) is 35.1 Å². The Kier molecular flexibility index (Phi) is 13.1. The van der Waals surface area contributed by atoms with Crippen LogP contribution in [0.5, 0.6) is 46.0 Å². The Hall–Kier alpha value is -10.3. The molecule has 17 heteroatoms. The van der Waals surface area contributed by atoms with Crippen LogP contribution >= 0.6 is 0 Å². The summed E-state index contributed by atoms with van der Waals surface area (Å²) in [5.74, 6) is -0.655. The number of halogens is 3. The lowest BCUT2D eigenvalue weighted by atomic mass is 9.75. The molecule has 0 saturated heterocycles. The first kappa shape index (κ1) is 52.7. The molecule has 8 aromatic carbocycles. The minimum absolute atomic E-state index is 0.0347. The van der Waals surface area contributed by atoms with Gasteiger partial charge in [-0.1, -0.05) is 62.4 Å². The van der Waals surface area contributed by atoms with Crippen LogP contribution in [0.2, 0.25) is 0 Å². The first-order valence-electron chi connectivity index (χ1n) is 25.1. The average molecular weight is 1090 g/mol. The van der Waals surface area contributed by atoms with E-state index in [1.807, 2.05) is 48.5 Å². The van der Waals surface area contributed by atoms with Crippen molar-refractivity contribution in [3.8, 4) is 46.0 Å². The normalized spacial score (nSPS) is 14.9. The van der Waals surface area contributed by atoms with Crippen molar-refractivity contribution in [1.82, 2.24) is 0 Å². The van der Waals surface area contributed by atoms with Gasteiger partial charge in [-0.05, 0) is 151 Å². The number of hydrogen-bond donors (Lipinski definition) is 0. The summed E-state index contributed by atoms with van der Waals surface area (Å²) in [5.41, 5.74) is 1.39. The number of esters is 4. The molecule has 2 aliphatic carbocycles. The van der Waals surface area contributed by atoms with Gasteiger partial charge in [0.1, 0.15) is 51.4 Å². The number of rotatable bonds is 12.